The fourth-order valence-corrected chi connectivity index (χ4v) is 3.48. The number of halogens is 2. The Morgan fingerprint density at radius 1 is 1.25 bits per heavy atom. The molecule has 4 nitrogen and oxygen atoms in total. The molecule has 0 amide bonds. The van der Waals surface area contributed by atoms with Gasteiger partial charge in [0, 0.05) is 25.0 Å². The summed E-state index contributed by atoms with van der Waals surface area (Å²) in [6.45, 7) is 4.09. The Labute approximate surface area is 165 Å². The predicted molar refractivity (Wildman–Crippen MR) is 108 cm³/mol. The van der Waals surface area contributed by atoms with Gasteiger partial charge >= 0.3 is 34.7 Å². The third-order valence-electron chi connectivity index (χ3n) is 4.53. The second-order valence-electron chi connectivity index (χ2n) is 6.17. The molecule has 8 heteroatoms. The number of aromatic nitrogens is 1. The Morgan fingerprint density at radius 2 is 1.83 bits per heavy atom. The average molecular weight is 443 g/mol. The first-order chi connectivity index (χ1) is 11.6. The summed E-state index contributed by atoms with van der Waals surface area (Å²) in [5.74, 6) is 1.61. The van der Waals surface area contributed by atoms with E-state index < -0.39 is 15.4 Å². The quantitative estimate of drug-likeness (QED) is 0.175. The first-order valence-electron chi connectivity index (χ1n) is 8.13. The van der Waals surface area contributed by atoms with Crippen LogP contribution in [0.5, 0.6) is 0 Å². The SMILES string of the molecule is CC(=N[N-]C(=[SH+])N1CC2CCC(CC2)C1)c1ccccn1.[Cl][Ga][Cl]. The van der Waals surface area contributed by atoms with E-state index in [9.17, 15) is 0 Å². The van der Waals surface area contributed by atoms with Crippen LogP contribution in [-0.2, 0) is 12.2 Å². The molecule has 1 aliphatic carbocycles. The molecule has 3 aliphatic rings. The standard InChI is InChI=1S/C16H22N4S.2ClH.Ga/c1-12(15-4-2-3-9-17-15)18-19-16(21)20-10-13-5-6-14(11-20)8-7-13;;;/h2-4,9,13-14H,5-8,10-11H2,1H3,(H,17,19,21);2*1H;/q;;;+2/p-2. The minimum atomic E-state index is -0.743. The van der Waals surface area contributed by atoms with Crippen LogP contribution in [0.15, 0.2) is 29.5 Å². The minimum absolute atomic E-state index is 0.740. The maximum atomic E-state index is 4.92. The monoisotopic (exact) mass is 441 g/mol. The van der Waals surface area contributed by atoms with Gasteiger partial charge in [-0.25, -0.2) is 4.90 Å². The maximum absolute atomic E-state index is 4.92. The van der Waals surface area contributed by atoms with Crippen LogP contribution >= 0.6 is 19.3 Å². The topological polar surface area (TPSA) is 42.6 Å². The van der Waals surface area contributed by atoms with Crippen molar-refractivity contribution in [2.24, 2.45) is 16.9 Å². The molecule has 1 radical (unpaired) electrons. The molecule has 0 N–H and O–H groups in total. The Morgan fingerprint density at radius 3 is 2.33 bits per heavy atom. The molecular weight excluding hydrogens is 421 g/mol. The molecule has 4 rings (SSSR count). The van der Waals surface area contributed by atoms with Crippen molar-refractivity contribution >= 4 is 57.7 Å². The van der Waals surface area contributed by atoms with Gasteiger partial charge in [0.15, 0.2) is 17.3 Å². The Balaban J connectivity index is 0.000000647. The van der Waals surface area contributed by atoms with Crippen LogP contribution in [0, 0.1) is 11.8 Å². The van der Waals surface area contributed by atoms with E-state index in [0.29, 0.717) is 0 Å². The van der Waals surface area contributed by atoms with Gasteiger partial charge in [-0.2, -0.15) is 0 Å². The van der Waals surface area contributed by atoms with Crippen molar-refractivity contribution in [3.63, 3.8) is 0 Å². The molecule has 2 aliphatic heterocycles. The summed E-state index contributed by atoms with van der Waals surface area (Å²) >= 11 is 3.82. The van der Waals surface area contributed by atoms with Crippen LogP contribution in [0.2, 0.25) is 0 Å². The van der Waals surface area contributed by atoms with Crippen LogP contribution in [0.4, 0.5) is 0 Å². The van der Waals surface area contributed by atoms with Gasteiger partial charge in [-0.1, -0.05) is 6.07 Å². The van der Waals surface area contributed by atoms with E-state index in [-0.39, 0.29) is 0 Å². The molecule has 1 aromatic rings. The number of pyridine rings is 1. The van der Waals surface area contributed by atoms with Gasteiger partial charge in [-0.3, -0.25) is 4.98 Å². The molecule has 1 aromatic heterocycles. The summed E-state index contributed by atoms with van der Waals surface area (Å²) in [7, 11) is 9.84. The van der Waals surface area contributed by atoms with E-state index in [1.165, 1.54) is 25.7 Å². The number of hydrogen-bond donors (Lipinski definition) is 0. The number of nitrogens with zero attached hydrogens (tertiary/aromatic N) is 4. The number of rotatable bonds is 2. The molecule has 0 spiro atoms. The van der Waals surface area contributed by atoms with Gasteiger partial charge in [0.25, 0.3) is 0 Å². The van der Waals surface area contributed by atoms with Gasteiger partial charge in [-0.05, 0) is 56.6 Å². The molecule has 3 fully saturated rings. The van der Waals surface area contributed by atoms with Gasteiger partial charge in [0.2, 0.25) is 0 Å². The summed E-state index contributed by atoms with van der Waals surface area (Å²) in [6.07, 6.45) is 7.21. The molecule has 0 atom stereocenters. The van der Waals surface area contributed by atoms with E-state index in [0.717, 1.165) is 41.4 Å². The van der Waals surface area contributed by atoms with Gasteiger partial charge in [0.05, 0.1) is 5.69 Å². The summed E-state index contributed by atoms with van der Waals surface area (Å²) < 4.78 is 0. The fraction of sp³-hybridized carbons (Fsp3) is 0.562. The number of hydrogen-bond acceptors (Lipinski definition) is 2. The fourth-order valence-electron chi connectivity index (χ4n) is 3.27. The summed E-state index contributed by atoms with van der Waals surface area (Å²) in [5.41, 5.74) is 6.00. The molecule has 1 saturated carbocycles. The third kappa shape index (κ3) is 6.31. The van der Waals surface area contributed by atoms with Crippen molar-refractivity contribution in [1.82, 2.24) is 9.88 Å². The molecule has 3 heterocycles. The second-order valence-corrected chi connectivity index (χ2v) is 10.3. The number of thiol groups is 1. The average Bonchev–Trinajstić information content (AvgIpc) is 2.95. The number of fused-ring (bicyclic) bond motifs is 4. The van der Waals surface area contributed by atoms with E-state index in [2.05, 4.69) is 32.6 Å². The van der Waals surface area contributed by atoms with Crippen LogP contribution in [0.25, 0.3) is 5.43 Å². The van der Waals surface area contributed by atoms with Crippen molar-refractivity contribution in [2.45, 2.75) is 32.6 Å². The molecule has 0 unspecified atom stereocenters. The Hall–Kier alpha value is -0.114. The van der Waals surface area contributed by atoms with E-state index >= 15 is 0 Å². The molecule has 0 aromatic carbocycles. The zero-order valence-corrected chi connectivity index (χ0v) is 18.6. The van der Waals surface area contributed by atoms with Crippen molar-refractivity contribution < 1.29 is 0 Å². The summed E-state index contributed by atoms with van der Waals surface area (Å²) in [6, 6.07) is 5.80. The Kier molecular flexibility index (Phi) is 9.08. The van der Waals surface area contributed by atoms with Crippen molar-refractivity contribution in [3.8, 4) is 0 Å². The zero-order valence-electron chi connectivity index (χ0n) is 13.8. The molecule has 2 bridgehead atoms. The predicted octanol–water partition coefficient (Wildman–Crippen LogP) is 3.67. The first-order valence-corrected chi connectivity index (χ1v) is 14.9. The van der Waals surface area contributed by atoms with Gasteiger partial charge < -0.3 is 10.5 Å². The molecular formula is C16H22Cl2GaN4S. The molecule has 2 saturated heterocycles. The van der Waals surface area contributed by atoms with E-state index in [4.69, 9.17) is 19.3 Å². The summed E-state index contributed by atoms with van der Waals surface area (Å²) in [4.78, 5) is 6.58. The normalized spacial score (nSPS) is 23.7. The van der Waals surface area contributed by atoms with Crippen LogP contribution in [-0.4, -0.2) is 49.2 Å². The molecule has 129 valence electrons. The third-order valence-corrected chi connectivity index (χ3v) is 4.90. The zero-order chi connectivity index (χ0) is 17.4. The molecule has 24 heavy (non-hydrogen) atoms. The van der Waals surface area contributed by atoms with Crippen molar-refractivity contribution in [3.05, 3.63) is 35.5 Å². The van der Waals surface area contributed by atoms with Gasteiger partial charge in [-0.15, -0.1) is 0 Å². The Bertz CT molecular complexity index is 536. The van der Waals surface area contributed by atoms with E-state index in [1.807, 2.05) is 25.1 Å². The second kappa shape index (κ2) is 10.8. The van der Waals surface area contributed by atoms with Crippen LogP contribution < -0.4 is 0 Å². The van der Waals surface area contributed by atoms with Crippen LogP contribution in [0.3, 0.4) is 0 Å². The summed E-state index contributed by atoms with van der Waals surface area (Å²) in [5, 5.41) is 5.03. The van der Waals surface area contributed by atoms with Crippen LogP contribution in [0.1, 0.15) is 38.3 Å². The van der Waals surface area contributed by atoms with E-state index in [1.54, 1.807) is 6.20 Å². The van der Waals surface area contributed by atoms with Crippen molar-refractivity contribution in [2.75, 3.05) is 13.1 Å². The van der Waals surface area contributed by atoms with Crippen molar-refractivity contribution in [1.29, 1.82) is 0 Å². The van der Waals surface area contributed by atoms with Gasteiger partial charge in [0.1, 0.15) is 0 Å². The first kappa shape index (κ1) is 20.2.